The zero-order chi connectivity index (χ0) is 16.1. The molecule has 0 unspecified atom stereocenters. The van der Waals surface area contributed by atoms with Crippen LogP contribution in [0.3, 0.4) is 0 Å². The van der Waals surface area contributed by atoms with Gasteiger partial charge in [0, 0.05) is 6.54 Å². The lowest BCUT2D eigenvalue weighted by Gasteiger charge is -2.16. The number of carbonyl (C=O) groups is 1. The maximum absolute atomic E-state index is 11.9. The summed E-state index contributed by atoms with van der Waals surface area (Å²) in [5, 5.41) is 2.85. The summed E-state index contributed by atoms with van der Waals surface area (Å²) in [6, 6.07) is 7.40. The first-order chi connectivity index (χ1) is 11.3. The normalized spacial score (nSPS) is 14.7. The number of benzene rings is 1. The quantitative estimate of drug-likeness (QED) is 0.885. The third-order valence-electron chi connectivity index (χ3n) is 4.06. The van der Waals surface area contributed by atoms with Crippen molar-refractivity contribution in [2.45, 2.75) is 38.3 Å². The van der Waals surface area contributed by atoms with E-state index in [9.17, 15) is 4.79 Å². The average Bonchev–Trinajstić information content (AvgIpc) is 3.27. The average molecular weight is 315 g/mol. The van der Waals surface area contributed by atoms with E-state index in [1.807, 2.05) is 18.2 Å². The molecule has 0 spiro atoms. The van der Waals surface area contributed by atoms with Crippen LogP contribution in [0, 0.1) is 0 Å². The predicted molar refractivity (Wildman–Crippen MR) is 85.8 cm³/mol. The van der Waals surface area contributed by atoms with Gasteiger partial charge in [-0.2, -0.15) is 0 Å². The summed E-state index contributed by atoms with van der Waals surface area (Å²) in [5.74, 6) is 1.31. The molecule has 5 nitrogen and oxygen atoms in total. The molecule has 5 heteroatoms. The van der Waals surface area contributed by atoms with Crippen LogP contribution in [-0.2, 0) is 6.54 Å². The molecule has 1 aromatic heterocycles. The molecule has 1 aliphatic rings. The second-order valence-electron chi connectivity index (χ2n) is 5.70. The minimum absolute atomic E-state index is 0.163. The maximum atomic E-state index is 11.9. The van der Waals surface area contributed by atoms with Crippen molar-refractivity contribution in [2.75, 3.05) is 7.11 Å². The number of hydrogen-bond acceptors (Lipinski definition) is 4. The van der Waals surface area contributed by atoms with E-state index in [0.29, 0.717) is 17.9 Å². The Balaban J connectivity index is 1.62. The number of amides is 1. The zero-order valence-electron chi connectivity index (χ0n) is 13.2. The van der Waals surface area contributed by atoms with Gasteiger partial charge in [-0.3, -0.25) is 4.79 Å². The SMILES string of the molecule is COc1cc(CNC(=O)c2ccoc2)ccc1OC1CCCC1. The molecule has 1 saturated carbocycles. The third kappa shape index (κ3) is 3.86. The van der Waals surface area contributed by atoms with Gasteiger partial charge < -0.3 is 19.2 Å². The summed E-state index contributed by atoms with van der Waals surface area (Å²) in [6.07, 6.45) is 7.85. The summed E-state index contributed by atoms with van der Waals surface area (Å²) in [5.41, 5.74) is 1.47. The molecule has 3 rings (SSSR count). The number of hydrogen-bond donors (Lipinski definition) is 1. The number of ether oxygens (including phenoxy) is 2. The number of furan rings is 1. The van der Waals surface area contributed by atoms with Gasteiger partial charge in [-0.05, 0) is 49.4 Å². The fraction of sp³-hybridized carbons (Fsp3) is 0.389. The third-order valence-corrected chi connectivity index (χ3v) is 4.06. The first kappa shape index (κ1) is 15.5. The lowest BCUT2D eigenvalue weighted by molar-refractivity contribution is 0.0950. The van der Waals surface area contributed by atoms with Gasteiger partial charge >= 0.3 is 0 Å². The van der Waals surface area contributed by atoms with Crippen molar-refractivity contribution in [3.05, 3.63) is 47.9 Å². The van der Waals surface area contributed by atoms with Crippen molar-refractivity contribution in [1.82, 2.24) is 5.32 Å². The van der Waals surface area contributed by atoms with Gasteiger partial charge in [-0.15, -0.1) is 0 Å². The summed E-state index contributed by atoms with van der Waals surface area (Å²) in [7, 11) is 1.63. The van der Waals surface area contributed by atoms with Crippen LogP contribution >= 0.6 is 0 Å². The molecule has 1 fully saturated rings. The molecular weight excluding hydrogens is 294 g/mol. The van der Waals surface area contributed by atoms with Gasteiger partial charge in [-0.1, -0.05) is 6.07 Å². The lowest BCUT2D eigenvalue weighted by atomic mass is 10.2. The maximum Gasteiger partial charge on any atom is 0.254 e. The monoisotopic (exact) mass is 315 g/mol. The molecule has 122 valence electrons. The van der Waals surface area contributed by atoms with Crippen LogP contribution < -0.4 is 14.8 Å². The van der Waals surface area contributed by atoms with Crippen molar-refractivity contribution in [1.29, 1.82) is 0 Å². The molecule has 1 aromatic carbocycles. The highest BCUT2D eigenvalue weighted by Crippen LogP contribution is 2.32. The van der Waals surface area contributed by atoms with Gasteiger partial charge in [0.1, 0.15) is 6.26 Å². The van der Waals surface area contributed by atoms with Crippen LogP contribution in [0.4, 0.5) is 0 Å². The van der Waals surface area contributed by atoms with Crippen molar-refractivity contribution in [3.63, 3.8) is 0 Å². The standard InChI is InChI=1S/C18H21NO4/c1-21-17-10-13(11-19-18(20)14-8-9-22-12-14)6-7-16(17)23-15-4-2-3-5-15/h6-10,12,15H,2-5,11H2,1H3,(H,19,20). The first-order valence-corrected chi connectivity index (χ1v) is 7.90. The van der Waals surface area contributed by atoms with E-state index in [1.165, 1.54) is 25.4 Å². The molecule has 0 bridgehead atoms. The molecule has 0 atom stereocenters. The fourth-order valence-corrected chi connectivity index (χ4v) is 2.78. The van der Waals surface area contributed by atoms with Crippen LogP contribution in [0.1, 0.15) is 41.6 Å². The van der Waals surface area contributed by atoms with E-state index in [0.717, 1.165) is 24.2 Å². The summed E-state index contributed by atoms with van der Waals surface area (Å²) in [6.45, 7) is 0.421. The van der Waals surface area contributed by atoms with E-state index in [4.69, 9.17) is 13.9 Å². The first-order valence-electron chi connectivity index (χ1n) is 7.90. The van der Waals surface area contributed by atoms with Crippen molar-refractivity contribution in [2.24, 2.45) is 0 Å². The Morgan fingerprint density at radius 1 is 1.26 bits per heavy atom. The van der Waals surface area contributed by atoms with Crippen LogP contribution in [0.15, 0.2) is 41.2 Å². The lowest BCUT2D eigenvalue weighted by Crippen LogP contribution is -2.22. The van der Waals surface area contributed by atoms with E-state index < -0.39 is 0 Å². The van der Waals surface area contributed by atoms with Crippen LogP contribution in [-0.4, -0.2) is 19.1 Å². The van der Waals surface area contributed by atoms with Gasteiger partial charge in [0.05, 0.1) is 25.0 Å². The van der Waals surface area contributed by atoms with Crippen LogP contribution in [0.2, 0.25) is 0 Å². The molecule has 2 aromatic rings. The highest BCUT2D eigenvalue weighted by Gasteiger charge is 2.18. The Morgan fingerprint density at radius 2 is 2.09 bits per heavy atom. The number of methoxy groups -OCH3 is 1. The van der Waals surface area contributed by atoms with E-state index >= 15 is 0 Å². The number of carbonyl (C=O) groups excluding carboxylic acids is 1. The summed E-state index contributed by atoms with van der Waals surface area (Å²) < 4.78 is 16.3. The highest BCUT2D eigenvalue weighted by atomic mass is 16.5. The Labute approximate surface area is 135 Å². The van der Waals surface area contributed by atoms with E-state index in [1.54, 1.807) is 13.2 Å². The van der Waals surface area contributed by atoms with Gasteiger partial charge in [0.25, 0.3) is 5.91 Å². The van der Waals surface area contributed by atoms with Crippen LogP contribution in [0.25, 0.3) is 0 Å². The molecule has 23 heavy (non-hydrogen) atoms. The molecule has 0 aliphatic heterocycles. The zero-order valence-corrected chi connectivity index (χ0v) is 13.2. The fourth-order valence-electron chi connectivity index (χ4n) is 2.78. The minimum Gasteiger partial charge on any atom is -0.493 e. The summed E-state index contributed by atoms with van der Waals surface area (Å²) in [4.78, 5) is 11.9. The summed E-state index contributed by atoms with van der Waals surface area (Å²) >= 11 is 0. The Kier molecular flexibility index (Phi) is 4.86. The molecule has 1 amide bonds. The van der Waals surface area contributed by atoms with Crippen molar-refractivity contribution < 1.29 is 18.7 Å². The largest absolute Gasteiger partial charge is 0.493 e. The molecule has 1 heterocycles. The second kappa shape index (κ2) is 7.22. The smallest absolute Gasteiger partial charge is 0.254 e. The number of rotatable bonds is 6. The van der Waals surface area contributed by atoms with E-state index in [2.05, 4.69) is 5.32 Å². The van der Waals surface area contributed by atoms with Crippen molar-refractivity contribution in [3.8, 4) is 11.5 Å². The second-order valence-corrected chi connectivity index (χ2v) is 5.70. The Hall–Kier alpha value is -2.43. The Morgan fingerprint density at radius 3 is 2.78 bits per heavy atom. The predicted octanol–water partition coefficient (Wildman–Crippen LogP) is 3.54. The van der Waals surface area contributed by atoms with Gasteiger partial charge in [0.2, 0.25) is 0 Å². The molecular formula is C18H21NO4. The number of nitrogens with one attached hydrogen (secondary N) is 1. The van der Waals surface area contributed by atoms with Crippen LogP contribution in [0.5, 0.6) is 11.5 Å². The van der Waals surface area contributed by atoms with Gasteiger partial charge in [0.15, 0.2) is 11.5 Å². The minimum atomic E-state index is -0.163. The molecule has 0 saturated heterocycles. The highest BCUT2D eigenvalue weighted by molar-refractivity contribution is 5.93. The van der Waals surface area contributed by atoms with Crippen molar-refractivity contribution >= 4 is 5.91 Å². The molecule has 0 radical (unpaired) electrons. The van der Waals surface area contributed by atoms with Gasteiger partial charge in [-0.25, -0.2) is 0 Å². The Bertz CT molecular complexity index is 645. The molecule has 1 N–H and O–H groups in total. The topological polar surface area (TPSA) is 60.7 Å². The van der Waals surface area contributed by atoms with E-state index in [-0.39, 0.29) is 12.0 Å². The molecule has 1 aliphatic carbocycles.